The van der Waals surface area contributed by atoms with E-state index in [1.807, 2.05) is 0 Å². The summed E-state index contributed by atoms with van der Waals surface area (Å²) in [5.74, 6) is -0.983. The zero-order valence-electron chi connectivity index (χ0n) is 42.5. The zero-order valence-corrected chi connectivity index (χ0v) is 42.5. The molecular weight excluding hydrogens is 805 g/mol. The lowest BCUT2D eigenvalue weighted by molar-refractivity contribution is -0.167. The highest BCUT2D eigenvalue weighted by Crippen LogP contribution is 2.15. The molecule has 0 N–H and O–H groups in total. The minimum Gasteiger partial charge on any atom is -0.462 e. The van der Waals surface area contributed by atoms with Crippen LogP contribution < -0.4 is 0 Å². The van der Waals surface area contributed by atoms with E-state index in [4.69, 9.17) is 14.2 Å². The average Bonchev–Trinajstić information content (AvgIpc) is 3.30. The number of hydrogen-bond acceptors (Lipinski definition) is 6. The molecular formula is C59H100O6. The van der Waals surface area contributed by atoms with Crippen LogP contribution in [0.25, 0.3) is 0 Å². The number of carbonyl (C=O) groups is 3. The van der Waals surface area contributed by atoms with Gasteiger partial charge in [0.25, 0.3) is 0 Å². The van der Waals surface area contributed by atoms with Crippen molar-refractivity contribution in [3.05, 3.63) is 85.1 Å². The molecule has 0 bridgehead atoms. The van der Waals surface area contributed by atoms with Gasteiger partial charge in [0.15, 0.2) is 6.10 Å². The Morgan fingerprint density at radius 1 is 0.323 bits per heavy atom. The lowest BCUT2D eigenvalue weighted by Gasteiger charge is -2.18. The minimum atomic E-state index is -0.812. The van der Waals surface area contributed by atoms with E-state index in [0.29, 0.717) is 19.3 Å². The van der Waals surface area contributed by atoms with E-state index >= 15 is 0 Å². The molecule has 6 nitrogen and oxygen atoms in total. The van der Waals surface area contributed by atoms with E-state index in [1.54, 1.807) is 0 Å². The lowest BCUT2D eigenvalue weighted by Crippen LogP contribution is -2.30. The molecule has 0 aromatic carbocycles. The van der Waals surface area contributed by atoms with Gasteiger partial charge in [0.2, 0.25) is 0 Å². The summed E-state index contributed by atoms with van der Waals surface area (Å²) in [4.78, 5) is 38.0. The third kappa shape index (κ3) is 51.4. The van der Waals surface area contributed by atoms with Crippen molar-refractivity contribution in [2.45, 2.75) is 258 Å². The predicted octanol–water partition coefficient (Wildman–Crippen LogP) is 18.0. The Morgan fingerprint density at radius 2 is 0.600 bits per heavy atom. The van der Waals surface area contributed by atoms with Crippen molar-refractivity contribution in [3.63, 3.8) is 0 Å². The minimum absolute atomic E-state index is 0.104. The van der Waals surface area contributed by atoms with Gasteiger partial charge in [0, 0.05) is 19.3 Å². The fourth-order valence-electron chi connectivity index (χ4n) is 7.32. The van der Waals surface area contributed by atoms with Gasteiger partial charge in [-0.3, -0.25) is 14.4 Å². The van der Waals surface area contributed by atoms with Crippen LogP contribution in [0, 0.1) is 0 Å². The van der Waals surface area contributed by atoms with E-state index < -0.39 is 6.10 Å². The number of ether oxygens (including phenoxy) is 3. The molecule has 372 valence electrons. The Balaban J connectivity index is 4.48. The summed E-state index contributed by atoms with van der Waals surface area (Å²) in [5.41, 5.74) is 0. The molecule has 0 aromatic heterocycles. The van der Waals surface area contributed by atoms with Crippen molar-refractivity contribution in [3.8, 4) is 0 Å². The van der Waals surface area contributed by atoms with E-state index in [0.717, 1.165) is 89.9 Å². The Morgan fingerprint density at radius 3 is 0.969 bits per heavy atom. The molecule has 0 saturated carbocycles. The summed E-state index contributed by atoms with van der Waals surface area (Å²) in [7, 11) is 0. The molecule has 6 heteroatoms. The molecule has 0 heterocycles. The first-order valence-corrected chi connectivity index (χ1v) is 27.1. The molecule has 0 fully saturated rings. The number of carbonyl (C=O) groups excluding carboxylic acids is 3. The molecule has 1 atom stereocenters. The van der Waals surface area contributed by atoms with Gasteiger partial charge < -0.3 is 14.2 Å². The standard InChI is InChI=1S/C59H100O6/c1-4-7-10-13-16-19-22-25-28-29-32-34-37-40-43-46-49-52-58(61)64-55-56(65-59(62)53-50-47-44-41-38-35-31-27-24-21-18-15-12-9-6-3)54-63-57(60)51-48-45-42-39-36-33-30-26-23-20-17-14-11-8-5-2/h9,12,17-18,20-21,26-27,30-31,36,38-39,41,56H,4-8,10-11,13-16,19,22-25,28-29,32-35,37,40,42-55H2,1-3H3/b12-9-,20-17-,21-18-,30-26-,31-27-,39-36-,41-38-/t56-/m1/s1. The molecule has 0 aromatic rings. The van der Waals surface area contributed by atoms with Gasteiger partial charge in [-0.15, -0.1) is 0 Å². The molecule has 0 aliphatic rings. The van der Waals surface area contributed by atoms with Crippen LogP contribution in [0.3, 0.4) is 0 Å². The van der Waals surface area contributed by atoms with Crippen molar-refractivity contribution in [2.75, 3.05) is 13.2 Å². The van der Waals surface area contributed by atoms with Crippen molar-refractivity contribution in [1.29, 1.82) is 0 Å². The number of unbranched alkanes of at least 4 members (excludes halogenated alkanes) is 23. The SMILES string of the molecule is CC/C=C\C/C=C\C/C=C\C/C=C\CCCCC(=O)O[C@H](COC(=O)CCCC/C=C\C/C=C\C/C=C\CCCCC)COC(=O)CCCCCCCCCCCCCCCCCCC. The number of esters is 3. The van der Waals surface area contributed by atoms with Crippen molar-refractivity contribution < 1.29 is 28.6 Å². The Labute approximate surface area is 401 Å². The van der Waals surface area contributed by atoms with E-state index in [1.165, 1.54) is 116 Å². The first-order valence-electron chi connectivity index (χ1n) is 27.1. The molecule has 0 rings (SSSR count). The second-order valence-corrected chi connectivity index (χ2v) is 17.8. The monoisotopic (exact) mass is 905 g/mol. The molecule has 65 heavy (non-hydrogen) atoms. The maximum atomic E-state index is 12.8. The van der Waals surface area contributed by atoms with Gasteiger partial charge in [0.05, 0.1) is 0 Å². The van der Waals surface area contributed by atoms with E-state index in [2.05, 4.69) is 106 Å². The third-order valence-electron chi connectivity index (χ3n) is 11.4. The van der Waals surface area contributed by atoms with Crippen LogP contribution in [0.15, 0.2) is 85.1 Å². The Bertz CT molecular complexity index is 1270. The van der Waals surface area contributed by atoms with Crippen LogP contribution in [0.4, 0.5) is 0 Å². The highest BCUT2D eigenvalue weighted by atomic mass is 16.6. The van der Waals surface area contributed by atoms with Crippen LogP contribution in [0.1, 0.15) is 252 Å². The van der Waals surface area contributed by atoms with Crippen molar-refractivity contribution in [2.24, 2.45) is 0 Å². The molecule has 0 spiro atoms. The number of rotatable bonds is 48. The Hall–Kier alpha value is -3.41. The summed E-state index contributed by atoms with van der Waals surface area (Å²) in [6, 6.07) is 0. The molecule has 0 unspecified atom stereocenters. The average molecular weight is 905 g/mol. The number of allylic oxidation sites excluding steroid dienone is 14. The highest BCUT2D eigenvalue weighted by Gasteiger charge is 2.19. The second-order valence-electron chi connectivity index (χ2n) is 17.8. The first kappa shape index (κ1) is 61.6. The summed E-state index contributed by atoms with van der Waals surface area (Å²) in [6.45, 7) is 6.44. The normalized spacial score (nSPS) is 12.7. The molecule has 0 radical (unpaired) electrons. The maximum Gasteiger partial charge on any atom is 0.306 e. The summed E-state index contributed by atoms with van der Waals surface area (Å²) >= 11 is 0. The van der Waals surface area contributed by atoms with Gasteiger partial charge >= 0.3 is 17.9 Å². The molecule has 0 saturated heterocycles. The van der Waals surface area contributed by atoms with Gasteiger partial charge in [-0.05, 0) is 96.3 Å². The fraction of sp³-hybridized carbons (Fsp3) is 0.712. The van der Waals surface area contributed by atoms with Crippen LogP contribution in [0.5, 0.6) is 0 Å². The van der Waals surface area contributed by atoms with Crippen LogP contribution in [-0.4, -0.2) is 37.2 Å². The predicted molar refractivity (Wildman–Crippen MR) is 279 cm³/mol. The van der Waals surface area contributed by atoms with E-state index in [9.17, 15) is 14.4 Å². The van der Waals surface area contributed by atoms with Crippen LogP contribution in [-0.2, 0) is 28.6 Å². The van der Waals surface area contributed by atoms with Gasteiger partial charge in [-0.25, -0.2) is 0 Å². The number of hydrogen-bond donors (Lipinski definition) is 0. The topological polar surface area (TPSA) is 78.9 Å². The molecule has 0 aliphatic carbocycles. The van der Waals surface area contributed by atoms with Gasteiger partial charge in [0.1, 0.15) is 13.2 Å². The highest BCUT2D eigenvalue weighted by molar-refractivity contribution is 5.71. The summed E-state index contributed by atoms with van der Waals surface area (Å²) in [5, 5.41) is 0. The fourth-order valence-corrected chi connectivity index (χ4v) is 7.32. The van der Waals surface area contributed by atoms with Crippen molar-refractivity contribution >= 4 is 17.9 Å². The second kappa shape index (κ2) is 53.2. The van der Waals surface area contributed by atoms with Crippen molar-refractivity contribution in [1.82, 2.24) is 0 Å². The van der Waals surface area contributed by atoms with Gasteiger partial charge in [-0.2, -0.15) is 0 Å². The molecule has 0 amide bonds. The maximum absolute atomic E-state index is 12.8. The largest absolute Gasteiger partial charge is 0.462 e. The molecule has 0 aliphatic heterocycles. The third-order valence-corrected chi connectivity index (χ3v) is 11.4. The van der Waals surface area contributed by atoms with Crippen LogP contribution in [0.2, 0.25) is 0 Å². The Kier molecular flexibility index (Phi) is 50.4. The summed E-state index contributed by atoms with van der Waals surface area (Å²) < 4.78 is 16.8. The van der Waals surface area contributed by atoms with E-state index in [-0.39, 0.29) is 37.5 Å². The van der Waals surface area contributed by atoms with Crippen LogP contribution >= 0.6 is 0 Å². The quantitative estimate of drug-likeness (QED) is 0.0262. The van der Waals surface area contributed by atoms with Gasteiger partial charge in [-0.1, -0.05) is 221 Å². The lowest BCUT2D eigenvalue weighted by atomic mass is 10.0. The summed E-state index contributed by atoms with van der Waals surface area (Å²) in [6.07, 6.45) is 68.6. The first-order chi connectivity index (χ1) is 32.0. The smallest absolute Gasteiger partial charge is 0.306 e. The zero-order chi connectivity index (χ0) is 47.2.